The van der Waals surface area contributed by atoms with Crippen LogP contribution in [0, 0.1) is 0 Å². The van der Waals surface area contributed by atoms with Crippen LogP contribution in [-0.2, 0) is 23.1 Å². The van der Waals surface area contributed by atoms with Crippen molar-refractivity contribution in [2.75, 3.05) is 11.4 Å². The molecule has 5 rings (SSSR count). The molecule has 1 saturated carbocycles. The molecule has 1 saturated heterocycles. The molecular weight excluding hydrogens is 494 g/mol. The smallest absolute Gasteiger partial charge is 0.410 e. The molecule has 1 aliphatic carbocycles. The van der Waals surface area contributed by atoms with Gasteiger partial charge < -0.3 is 14.2 Å². The van der Waals surface area contributed by atoms with Crippen LogP contribution in [-0.4, -0.2) is 49.6 Å². The molecule has 3 aromatic rings. The first kappa shape index (κ1) is 26.8. The van der Waals surface area contributed by atoms with Crippen LogP contribution >= 0.6 is 0 Å². The zero-order valence-corrected chi connectivity index (χ0v) is 23.2. The second-order valence-electron chi connectivity index (χ2n) is 11.7. The van der Waals surface area contributed by atoms with Gasteiger partial charge in [-0.15, -0.1) is 0 Å². The summed E-state index contributed by atoms with van der Waals surface area (Å²) in [6.45, 7) is 6.12. The number of likely N-dealkylation sites (tertiary alicyclic amines) is 1. The van der Waals surface area contributed by atoms with Gasteiger partial charge >= 0.3 is 6.09 Å². The summed E-state index contributed by atoms with van der Waals surface area (Å²) in [5.41, 5.74) is 2.30. The molecule has 0 bridgehead atoms. The molecule has 1 aromatic carbocycles. The van der Waals surface area contributed by atoms with Crippen molar-refractivity contribution in [3.8, 4) is 0 Å². The fourth-order valence-electron chi connectivity index (χ4n) is 5.40. The molecule has 1 aliphatic heterocycles. The Hall–Kier alpha value is -3.75. The number of anilines is 1. The maximum atomic E-state index is 13.9. The van der Waals surface area contributed by atoms with E-state index in [2.05, 4.69) is 11.1 Å². The number of nitrogens with zero attached hydrogens (tertiary/aromatic N) is 5. The summed E-state index contributed by atoms with van der Waals surface area (Å²) in [5, 5.41) is 0.477. The Morgan fingerprint density at radius 1 is 1.05 bits per heavy atom. The fraction of sp³-hybridized carbons (Fsp3) is 0.500. The Bertz CT molecular complexity index is 1420. The number of rotatable bonds is 5. The van der Waals surface area contributed by atoms with Crippen molar-refractivity contribution in [3.63, 3.8) is 0 Å². The van der Waals surface area contributed by atoms with Gasteiger partial charge in [-0.1, -0.05) is 25.3 Å². The van der Waals surface area contributed by atoms with Gasteiger partial charge in [-0.05, 0) is 75.8 Å². The van der Waals surface area contributed by atoms with Crippen molar-refractivity contribution in [2.24, 2.45) is 7.05 Å². The lowest BCUT2D eigenvalue weighted by molar-refractivity contribution is -0.128. The Balaban J connectivity index is 1.44. The Kier molecular flexibility index (Phi) is 7.42. The van der Waals surface area contributed by atoms with Crippen LogP contribution in [0.3, 0.4) is 0 Å². The highest BCUT2D eigenvalue weighted by Gasteiger charge is 2.42. The van der Waals surface area contributed by atoms with E-state index in [1.54, 1.807) is 30.1 Å². The predicted molar refractivity (Wildman–Crippen MR) is 150 cm³/mol. The molecule has 2 aromatic heterocycles. The molecule has 9 nitrogen and oxygen atoms in total. The Labute approximate surface area is 228 Å². The van der Waals surface area contributed by atoms with Crippen LogP contribution in [0.5, 0.6) is 0 Å². The van der Waals surface area contributed by atoms with Gasteiger partial charge in [-0.25, -0.2) is 9.78 Å². The number of hydrogen-bond acceptors (Lipinski definition) is 6. The van der Waals surface area contributed by atoms with Gasteiger partial charge in [-0.2, -0.15) is 0 Å². The summed E-state index contributed by atoms with van der Waals surface area (Å²) >= 11 is 0. The minimum absolute atomic E-state index is 0.153. The summed E-state index contributed by atoms with van der Waals surface area (Å²) in [6, 6.07) is 8.70. The van der Waals surface area contributed by atoms with Crippen molar-refractivity contribution in [1.29, 1.82) is 0 Å². The first-order valence-corrected chi connectivity index (χ1v) is 13.8. The number of hydrogen-bond donors (Lipinski definition) is 0. The van der Waals surface area contributed by atoms with E-state index in [0.717, 1.165) is 5.69 Å². The summed E-state index contributed by atoms with van der Waals surface area (Å²) in [5.74, 6) is 0.332. The van der Waals surface area contributed by atoms with E-state index in [9.17, 15) is 14.4 Å². The van der Waals surface area contributed by atoms with Crippen molar-refractivity contribution in [3.05, 3.63) is 64.5 Å². The summed E-state index contributed by atoms with van der Waals surface area (Å²) < 4.78 is 6.96. The number of carbonyl (C=O) groups is 2. The number of amides is 2. The maximum Gasteiger partial charge on any atom is 0.410 e. The number of aryl methyl sites for hydroxylation is 1. The first-order chi connectivity index (χ1) is 18.6. The molecule has 3 heterocycles. The number of pyridine rings is 1. The first-order valence-electron chi connectivity index (χ1n) is 13.8. The van der Waals surface area contributed by atoms with E-state index in [0.29, 0.717) is 35.5 Å². The highest BCUT2D eigenvalue weighted by Crippen LogP contribution is 2.33. The molecule has 2 aliphatic rings. The normalized spacial score (nSPS) is 18.1. The minimum atomic E-state index is -0.653. The van der Waals surface area contributed by atoms with E-state index < -0.39 is 17.7 Å². The number of ether oxygens (including phenoxy) is 1. The zero-order valence-electron chi connectivity index (χ0n) is 23.2. The molecular formula is C30H37N5O4. The lowest BCUT2D eigenvalue weighted by Gasteiger charge is -2.42. The summed E-state index contributed by atoms with van der Waals surface area (Å²) in [7, 11) is 1.66. The average Bonchev–Trinajstić information content (AvgIpc) is 2.88. The van der Waals surface area contributed by atoms with Gasteiger partial charge in [0.2, 0.25) is 5.91 Å². The van der Waals surface area contributed by atoms with Crippen molar-refractivity contribution >= 4 is 28.6 Å². The molecule has 0 N–H and O–H groups in total. The van der Waals surface area contributed by atoms with Crippen molar-refractivity contribution < 1.29 is 14.3 Å². The third-order valence-corrected chi connectivity index (χ3v) is 7.66. The molecule has 39 heavy (non-hydrogen) atoms. The molecule has 0 unspecified atom stereocenters. The van der Waals surface area contributed by atoms with E-state index in [1.807, 2.05) is 33.0 Å². The largest absolute Gasteiger partial charge is 0.444 e. The fourth-order valence-corrected chi connectivity index (χ4v) is 5.40. The zero-order chi connectivity index (χ0) is 27.7. The number of carbonyl (C=O) groups excluding carboxylic acids is 2. The average molecular weight is 532 g/mol. The highest BCUT2D eigenvalue weighted by atomic mass is 16.6. The van der Waals surface area contributed by atoms with Gasteiger partial charge in [0.25, 0.3) is 5.56 Å². The molecule has 9 heteroatoms. The minimum Gasteiger partial charge on any atom is -0.444 e. The SMILES string of the molecule is Cn1cnc2cc(N(Cc3ccc(C4CCCCC4)cn3)C(=O)[C@H]3CCN3C(=O)OC(C)(C)C)ccc2c1=O. The number of aromatic nitrogens is 3. The van der Waals surface area contributed by atoms with E-state index >= 15 is 0 Å². The van der Waals surface area contributed by atoms with Crippen LogP contribution in [0.25, 0.3) is 10.9 Å². The predicted octanol–water partition coefficient (Wildman–Crippen LogP) is 4.92. The monoisotopic (exact) mass is 531 g/mol. The summed E-state index contributed by atoms with van der Waals surface area (Å²) in [6.07, 6.45) is 9.66. The van der Waals surface area contributed by atoms with Crippen LogP contribution in [0.15, 0.2) is 47.7 Å². The van der Waals surface area contributed by atoms with Crippen LogP contribution < -0.4 is 10.5 Å². The van der Waals surface area contributed by atoms with E-state index in [-0.39, 0.29) is 18.0 Å². The van der Waals surface area contributed by atoms with Crippen LogP contribution in [0.1, 0.15) is 76.5 Å². The lowest BCUT2D eigenvalue weighted by atomic mass is 9.85. The molecule has 1 atom stereocenters. The van der Waals surface area contributed by atoms with Crippen LogP contribution in [0.4, 0.5) is 10.5 Å². The van der Waals surface area contributed by atoms with Gasteiger partial charge in [0.05, 0.1) is 29.5 Å². The molecule has 206 valence electrons. The second-order valence-corrected chi connectivity index (χ2v) is 11.7. The maximum absolute atomic E-state index is 13.9. The Morgan fingerprint density at radius 2 is 1.82 bits per heavy atom. The topological polar surface area (TPSA) is 97.6 Å². The number of benzene rings is 1. The molecule has 0 radical (unpaired) electrons. The quantitative estimate of drug-likeness (QED) is 0.464. The standard InChI is InChI=1S/C30H37N5O4/c1-30(2,3)39-29(38)34-15-14-26(34)28(37)35(23-12-13-24-25(16-23)32-19-33(4)27(24)36)18-22-11-10-21(17-31-22)20-8-6-5-7-9-20/h10-13,16-17,19-20,26H,5-9,14-15,18H2,1-4H3/t26-/m1/s1. The molecule has 2 amide bonds. The van der Waals surface area contributed by atoms with E-state index in [1.165, 1.54) is 53.5 Å². The van der Waals surface area contributed by atoms with Crippen LogP contribution in [0.2, 0.25) is 0 Å². The van der Waals surface area contributed by atoms with E-state index in [4.69, 9.17) is 9.72 Å². The summed E-state index contributed by atoms with van der Waals surface area (Å²) in [4.78, 5) is 51.5. The van der Waals surface area contributed by atoms with Crippen molar-refractivity contribution in [1.82, 2.24) is 19.4 Å². The van der Waals surface area contributed by atoms with Gasteiger partial charge in [0.1, 0.15) is 11.6 Å². The third-order valence-electron chi connectivity index (χ3n) is 7.66. The third kappa shape index (κ3) is 5.82. The van der Waals surface area contributed by atoms with Gasteiger partial charge in [0.15, 0.2) is 0 Å². The Morgan fingerprint density at radius 3 is 2.46 bits per heavy atom. The number of fused-ring (bicyclic) bond motifs is 1. The molecule has 0 spiro atoms. The van der Waals surface area contributed by atoms with Crippen molar-refractivity contribution in [2.45, 2.75) is 83.4 Å². The lowest BCUT2D eigenvalue weighted by Crippen LogP contribution is -2.59. The van der Waals surface area contributed by atoms with Gasteiger partial charge in [-0.3, -0.25) is 19.5 Å². The second kappa shape index (κ2) is 10.8. The highest BCUT2D eigenvalue weighted by molar-refractivity contribution is 6.00. The molecule has 2 fully saturated rings. The van der Waals surface area contributed by atoms with Gasteiger partial charge in [0, 0.05) is 25.5 Å².